The number of alkyl halides is 2. The van der Waals surface area contributed by atoms with Crippen LogP contribution in [0.3, 0.4) is 0 Å². The molecule has 114 valence electrons. The minimum atomic E-state index is -4.54. The Morgan fingerprint density at radius 2 is 1.95 bits per heavy atom. The number of nitrogens with one attached hydrogen (secondary N) is 1. The Morgan fingerprint density at radius 3 is 2.48 bits per heavy atom. The highest BCUT2D eigenvalue weighted by atomic mass is 32.2. The molecule has 0 bridgehead atoms. The largest absolute Gasteiger partial charge is 0.381 e. The van der Waals surface area contributed by atoms with E-state index in [1.54, 1.807) is 10.9 Å². The number of rotatable bonds is 6. The van der Waals surface area contributed by atoms with Crippen molar-refractivity contribution in [3.8, 4) is 0 Å². The summed E-state index contributed by atoms with van der Waals surface area (Å²) in [4.78, 5) is -0.386. The first-order valence-corrected chi connectivity index (χ1v) is 7.80. The maximum absolute atomic E-state index is 12.4. The normalized spacial score (nSPS) is 13.3. The molecule has 1 aromatic carbocycles. The lowest BCUT2D eigenvalue weighted by Crippen LogP contribution is -2.22. The van der Waals surface area contributed by atoms with Gasteiger partial charge in [-0.3, -0.25) is 4.68 Å². The van der Waals surface area contributed by atoms with E-state index >= 15 is 0 Å². The smallest absolute Gasteiger partial charge is 0.341 e. The van der Waals surface area contributed by atoms with Crippen LogP contribution in [0, 0.1) is 0 Å². The van der Waals surface area contributed by atoms with Gasteiger partial charge in [0.2, 0.25) is 9.84 Å². The third-order valence-corrected chi connectivity index (χ3v) is 4.25. The van der Waals surface area contributed by atoms with E-state index in [9.17, 15) is 17.2 Å². The molecule has 0 fully saturated rings. The summed E-state index contributed by atoms with van der Waals surface area (Å²) in [7, 11) is -4.54. The van der Waals surface area contributed by atoms with E-state index in [0.29, 0.717) is 12.2 Å². The average molecular weight is 315 g/mol. The number of hydrogen-bond donors (Lipinski definition) is 1. The first-order chi connectivity index (χ1) is 9.89. The molecule has 0 saturated heterocycles. The van der Waals surface area contributed by atoms with Crippen LogP contribution in [0.25, 0.3) is 0 Å². The lowest BCUT2D eigenvalue weighted by Gasteiger charge is -2.15. The maximum Gasteiger partial charge on any atom is 0.341 e. The van der Waals surface area contributed by atoms with Gasteiger partial charge in [-0.15, -0.1) is 0 Å². The molecule has 1 aromatic heterocycles. The zero-order valence-electron chi connectivity index (χ0n) is 11.3. The molecular formula is C13H15F2N3O2S. The highest BCUT2D eigenvalue weighted by molar-refractivity contribution is 7.91. The van der Waals surface area contributed by atoms with Gasteiger partial charge < -0.3 is 5.32 Å². The molecular weight excluding hydrogens is 300 g/mol. The molecule has 1 heterocycles. The Labute approximate surface area is 121 Å². The molecule has 0 spiro atoms. The molecule has 2 rings (SSSR count). The van der Waals surface area contributed by atoms with Gasteiger partial charge in [0.15, 0.2) is 0 Å². The van der Waals surface area contributed by atoms with Gasteiger partial charge in [-0.1, -0.05) is 0 Å². The second-order valence-corrected chi connectivity index (χ2v) is 6.52. The van der Waals surface area contributed by atoms with Gasteiger partial charge >= 0.3 is 5.76 Å². The van der Waals surface area contributed by atoms with Gasteiger partial charge in [0.25, 0.3) is 0 Å². The van der Waals surface area contributed by atoms with Crippen LogP contribution in [-0.4, -0.2) is 30.0 Å². The van der Waals surface area contributed by atoms with E-state index in [1.807, 2.05) is 19.2 Å². The second kappa shape index (κ2) is 6.21. The fourth-order valence-corrected chi connectivity index (χ4v) is 2.58. The molecule has 0 aliphatic carbocycles. The number of benzene rings is 1. The minimum Gasteiger partial charge on any atom is -0.381 e. The van der Waals surface area contributed by atoms with Crippen LogP contribution in [0.5, 0.6) is 0 Å². The quantitative estimate of drug-likeness (QED) is 0.889. The summed E-state index contributed by atoms with van der Waals surface area (Å²) in [5.41, 5.74) is 0.655. The molecule has 2 aromatic rings. The Bertz CT molecular complexity index is 670. The van der Waals surface area contributed by atoms with Crippen LogP contribution in [0.1, 0.15) is 6.92 Å². The molecule has 21 heavy (non-hydrogen) atoms. The van der Waals surface area contributed by atoms with Crippen molar-refractivity contribution in [2.45, 2.75) is 30.2 Å². The Balaban J connectivity index is 2.03. The van der Waals surface area contributed by atoms with Crippen molar-refractivity contribution in [1.29, 1.82) is 0 Å². The van der Waals surface area contributed by atoms with E-state index in [-0.39, 0.29) is 10.9 Å². The van der Waals surface area contributed by atoms with E-state index in [4.69, 9.17) is 0 Å². The van der Waals surface area contributed by atoms with Crippen LogP contribution < -0.4 is 5.32 Å². The van der Waals surface area contributed by atoms with Crippen molar-refractivity contribution < 1.29 is 17.2 Å². The SMILES string of the molecule is CC(Cn1cccn1)Nc1ccc(S(=O)(=O)C(F)F)cc1. The van der Waals surface area contributed by atoms with Crippen LogP contribution in [0.2, 0.25) is 0 Å². The zero-order chi connectivity index (χ0) is 15.5. The van der Waals surface area contributed by atoms with Crippen LogP contribution in [0.4, 0.5) is 14.5 Å². The van der Waals surface area contributed by atoms with Gasteiger partial charge in [-0.2, -0.15) is 13.9 Å². The van der Waals surface area contributed by atoms with Gasteiger partial charge in [-0.05, 0) is 37.3 Å². The standard InChI is InChI=1S/C13H15F2N3O2S/c1-10(9-18-8-2-7-16-18)17-11-3-5-12(6-4-11)21(19,20)13(14)15/h2-8,10,13,17H,9H2,1H3. The van der Waals surface area contributed by atoms with Gasteiger partial charge in [-0.25, -0.2) is 8.42 Å². The predicted molar refractivity (Wildman–Crippen MR) is 74.9 cm³/mol. The molecule has 0 saturated carbocycles. The van der Waals surface area contributed by atoms with Crippen molar-refractivity contribution in [3.63, 3.8) is 0 Å². The maximum atomic E-state index is 12.4. The van der Waals surface area contributed by atoms with Gasteiger partial charge in [0.1, 0.15) is 0 Å². The number of nitrogens with zero attached hydrogens (tertiary/aromatic N) is 2. The van der Waals surface area contributed by atoms with Crippen molar-refractivity contribution >= 4 is 15.5 Å². The lowest BCUT2D eigenvalue weighted by atomic mass is 10.2. The summed E-state index contributed by atoms with van der Waals surface area (Å²) in [5.74, 6) is -3.41. The van der Waals surface area contributed by atoms with Crippen LogP contribution >= 0.6 is 0 Å². The molecule has 1 atom stereocenters. The Hall–Kier alpha value is -1.96. The zero-order valence-corrected chi connectivity index (χ0v) is 12.1. The minimum absolute atomic E-state index is 0.0439. The highest BCUT2D eigenvalue weighted by Gasteiger charge is 2.26. The fraction of sp³-hybridized carbons (Fsp3) is 0.308. The first-order valence-electron chi connectivity index (χ1n) is 6.25. The fourth-order valence-electron chi connectivity index (χ4n) is 1.86. The molecule has 8 heteroatoms. The van der Waals surface area contributed by atoms with E-state index in [2.05, 4.69) is 10.4 Å². The first kappa shape index (κ1) is 15.4. The monoisotopic (exact) mass is 315 g/mol. The summed E-state index contributed by atoms with van der Waals surface area (Å²) < 4.78 is 49.2. The lowest BCUT2D eigenvalue weighted by molar-refractivity contribution is 0.234. The van der Waals surface area contributed by atoms with E-state index < -0.39 is 15.6 Å². The number of hydrogen-bond acceptors (Lipinski definition) is 4. The van der Waals surface area contributed by atoms with E-state index in [1.165, 1.54) is 24.3 Å². The molecule has 0 radical (unpaired) electrons. The van der Waals surface area contributed by atoms with Crippen molar-refractivity contribution in [2.24, 2.45) is 0 Å². The van der Waals surface area contributed by atoms with Crippen LogP contribution in [-0.2, 0) is 16.4 Å². The number of halogens is 2. The van der Waals surface area contributed by atoms with Crippen molar-refractivity contribution in [2.75, 3.05) is 5.32 Å². The summed E-state index contributed by atoms with van der Waals surface area (Å²) in [5, 5.41) is 7.22. The third-order valence-electron chi connectivity index (χ3n) is 2.85. The molecule has 5 nitrogen and oxygen atoms in total. The van der Waals surface area contributed by atoms with Gasteiger partial charge in [0, 0.05) is 24.1 Å². The Morgan fingerprint density at radius 1 is 1.29 bits per heavy atom. The number of sulfone groups is 1. The predicted octanol–water partition coefficient (Wildman–Crippen LogP) is 2.38. The highest BCUT2D eigenvalue weighted by Crippen LogP contribution is 2.20. The number of anilines is 1. The second-order valence-electron chi connectivity index (χ2n) is 4.60. The van der Waals surface area contributed by atoms with Crippen molar-refractivity contribution in [3.05, 3.63) is 42.7 Å². The molecule has 0 amide bonds. The van der Waals surface area contributed by atoms with Crippen LogP contribution in [0.15, 0.2) is 47.6 Å². The summed E-state index contributed by atoms with van der Waals surface area (Å²) in [6, 6.07) is 7.14. The summed E-state index contributed by atoms with van der Waals surface area (Å²) in [6.45, 7) is 2.57. The topological polar surface area (TPSA) is 64.0 Å². The third kappa shape index (κ3) is 3.78. The Kier molecular flexibility index (Phi) is 4.56. The molecule has 1 unspecified atom stereocenters. The average Bonchev–Trinajstić information content (AvgIpc) is 2.91. The summed E-state index contributed by atoms with van der Waals surface area (Å²) >= 11 is 0. The van der Waals surface area contributed by atoms with E-state index in [0.717, 1.165) is 0 Å². The summed E-state index contributed by atoms with van der Waals surface area (Å²) in [6.07, 6.45) is 3.51. The molecule has 0 aliphatic heterocycles. The number of aromatic nitrogens is 2. The van der Waals surface area contributed by atoms with Gasteiger partial charge in [0.05, 0.1) is 11.4 Å². The molecule has 0 aliphatic rings. The molecule has 1 N–H and O–H groups in total. The van der Waals surface area contributed by atoms with Crippen molar-refractivity contribution in [1.82, 2.24) is 9.78 Å².